The van der Waals surface area contributed by atoms with Gasteiger partial charge in [0.15, 0.2) is 0 Å². The van der Waals surface area contributed by atoms with Gasteiger partial charge in [0.2, 0.25) is 0 Å². The number of hydrogen-bond acceptors (Lipinski definition) is 3. The summed E-state index contributed by atoms with van der Waals surface area (Å²) in [6, 6.07) is 2.07. The van der Waals surface area contributed by atoms with Crippen LogP contribution in [0.1, 0.15) is 10.4 Å². The molecular formula is C10H8ClF4NO3S. The number of hydrogen-bond donors (Lipinski definition) is 0. The Balaban J connectivity index is 3.07. The summed E-state index contributed by atoms with van der Waals surface area (Å²) in [5, 5.41) is 0. The lowest BCUT2D eigenvalue weighted by Gasteiger charge is -2.19. The third-order valence-electron chi connectivity index (χ3n) is 2.22. The molecule has 0 aliphatic heterocycles. The van der Waals surface area contributed by atoms with Crippen molar-refractivity contribution in [2.45, 2.75) is 11.1 Å². The Kier molecular flexibility index (Phi) is 4.65. The summed E-state index contributed by atoms with van der Waals surface area (Å²) < 4.78 is 71.8. The molecule has 0 heterocycles. The Morgan fingerprint density at radius 3 is 2.30 bits per heavy atom. The smallest absolute Gasteiger partial charge is 0.333 e. The monoisotopic (exact) mass is 333 g/mol. The van der Waals surface area contributed by atoms with E-state index in [-0.39, 0.29) is 4.90 Å². The number of halogens is 5. The van der Waals surface area contributed by atoms with Gasteiger partial charge in [-0.1, -0.05) is 0 Å². The maximum absolute atomic E-state index is 13.6. The predicted molar refractivity (Wildman–Crippen MR) is 62.5 cm³/mol. The van der Waals surface area contributed by atoms with Gasteiger partial charge in [0, 0.05) is 17.7 Å². The second kappa shape index (κ2) is 5.57. The third kappa shape index (κ3) is 4.34. The van der Waals surface area contributed by atoms with Gasteiger partial charge in [-0.05, 0) is 18.2 Å². The molecule has 1 rings (SSSR count). The molecule has 0 aromatic heterocycles. The van der Waals surface area contributed by atoms with E-state index in [9.17, 15) is 30.8 Å². The number of rotatable bonds is 3. The first kappa shape index (κ1) is 16.7. The zero-order chi connectivity index (χ0) is 15.7. The fourth-order valence-electron chi connectivity index (χ4n) is 1.37. The van der Waals surface area contributed by atoms with Crippen LogP contribution in [0.15, 0.2) is 23.1 Å². The average Bonchev–Trinajstić information content (AvgIpc) is 2.24. The normalized spacial score (nSPS) is 12.3. The molecule has 1 amide bonds. The van der Waals surface area contributed by atoms with Crippen molar-refractivity contribution in [2.24, 2.45) is 0 Å². The maximum Gasteiger partial charge on any atom is 0.406 e. The number of carbonyl (C=O) groups excluding carboxylic acids is 1. The van der Waals surface area contributed by atoms with E-state index in [0.717, 1.165) is 19.2 Å². The number of amides is 1. The lowest BCUT2D eigenvalue weighted by molar-refractivity contribution is -0.138. The van der Waals surface area contributed by atoms with E-state index in [0.29, 0.717) is 6.07 Å². The van der Waals surface area contributed by atoms with Crippen LogP contribution in [0.3, 0.4) is 0 Å². The summed E-state index contributed by atoms with van der Waals surface area (Å²) in [5.41, 5.74) is -0.680. The standard InChI is InChI=1S/C10H8ClF4NO3S/c1-16(5-10(13,14)15)9(17)7-3-2-6(4-8(7)12)20(11,18)19/h2-4H,5H2,1H3. The van der Waals surface area contributed by atoms with Gasteiger partial charge in [-0.3, -0.25) is 4.79 Å². The first-order valence-electron chi connectivity index (χ1n) is 4.98. The van der Waals surface area contributed by atoms with Crippen LogP contribution in [-0.2, 0) is 9.05 Å². The van der Waals surface area contributed by atoms with Gasteiger partial charge in [0.1, 0.15) is 12.4 Å². The molecule has 0 bridgehead atoms. The molecule has 0 spiro atoms. The molecule has 1 aromatic rings. The molecule has 0 aliphatic carbocycles. The minimum absolute atomic E-state index is 0.271. The maximum atomic E-state index is 13.6. The fraction of sp³-hybridized carbons (Fsp3) is 0.300. The van der Waals surface area contributed by atoms with E-state index >= 15 is 0 Å². The van der Waals surface area contributed by atoms with E-state index in [4.69, 9.17) is 10.7 Å². The average molecular weight is 334 g/mol. The Morgan fingerprint density at radius 1 is 1.35 bits per heavy atom. The largest absolute Gasteiger partial charge is 0.406 e. The van der Waals surface area contributed by atoms with Gasteiger partial charge in [-0.25, -0.2) is 12.8 Å². The molecule has 0 unspecified atom stereocenters. The molecule has 0 radical (unpaired) electrons. The van der Waals surface area contributed by atoms with E-state index in [2.05, 4.69) is 0 Å². The summed E-state index contributed by atoms with van der Waals surface area (Å²) in [5.74, 6) is -2.50. The van der Waals surface area contributed by atoms with Crippen molar-refractivity contribution in [1.82, 2.24) is 4.90 Å². The first-order chi connectivity index (χ1) is 8.92. The van der Waals surface area contributed by atoms with Gasteiger partial charge in [0.05, 0.1) is 10.5 Å². The minimum Gasteiger partial charge on any atom is -0.333 e. The highest BCUT2D eigenvalue weighted by molar-refractivity contribution is 8.13. The summed E-state index contributed by atoms with van der Waals surface area (Å²) in [4.78, 5) is 11.3. The van der Waals surface area contributed by atoms with Gasteiger partial charge in [0.25, 0.3) is 15.0 Å². The molecule has 4 nitrogen and oxygen atoms in total. The van der Waals surface area contributed by atoms with E-state index < -0.39 is 44.0 Å². The number of carbonyl (C=O) groups is 1. The Morgan fingerprint density at radius 2 is 1.90 bits per heavy atom. The Labute approximate surface area is 116 Å². The number of alkyl halides is 3. The molecule has 0 saturated heterocycles. The Bertz CT molecular complexity index is 630. The summed E-state index contributed by atoms with van der Waals surface area (Å²) >= 11 is 0. The predicted octanol–water partition coefficient (Wildman–Crippen LogP) is 2.39. The molecule has 112 valence electrons. The molecule has 0 saturated carbocycles. The third-order valence-corrected chi connectivity index (χ3v) is 3.57. The molecule has 1 aromatic carbocycles. The molecule has 20 heavy (non-hydrogen) atoms. The first-order valence-corrected chi connectivity index (χ1v) is 7.29. The topological polar surface area (TPSA) is 54.5 Å². The number of nitrogens with zero attached hydrogens (tertiary/aromatic N) is 1. The van der Waals surface area contributed by atoms with Crippen molar-refractivity contribution in [2.75, 3.05) is 13.6 Å². The van der Waals surface area contributed by atoms with Crippen LogP contribution in [0.25, 0.3) is 0 Å². The highest BCUT2D eigenvalue weighted by Crippen LogP contribution is 2.21. The zero-order valence-electron chi connectivity index (χ0n) is 9.91. The van der Waals surface area contributed by atoms with E-state index in [1.807, 2.05) is 0 Å². The van der Waals surface area contributed by atoms with E-state index in [1.54, 1.807) is 0 Å². The van der Waals surface area contributed by atoms with Crippen LogP contribution in [0.4, 0.5) is 17.6 Å². The van der Waals surface area contributed by atoms with Crippen LogP contribution in [0, 0.1) is 5.82 Å². The minimum atomic E-state index is -4.62. The quantitative estimate of drug-likeness (QED) is 0.630. The van der Waals surface area contributed by atoms with Crippen molar-refractivity contribution in [1.29, 1.82) is 0 Å². The van der Waals surface area contributed by atoms with Gasteiger partial charge >= 0.3 is 6.18 Å². The van der Waals surface area contributed by atoms with Crippen molar-refractivity contribution < 1.29 is 30.8 Å². The van der Waals surface area contributed by atoms with Crippen LogP contribution < -0.4 is 0 Å². The van der Waals surface area contributed by atoms with Crippen LogP contribution >= 0.6 is 10.7 Å². The van der Waals surface area contributed by atoms with Crippen LogP contribution in [0.5, 0.6) is 0 Å². The second-order valence-corrected chi connectivity index (χ2v) is 6.42. The molecular weight excluding hydrogens is 326 g/mol. The molecule has 0 aliphatic rings. The van der Waals surface area contributed by atoms with Crippen molar-refractivity contribution in [3.63, 3.8) is 0 Å². The van der Waals surface area contributed by atoms with Crippen molar-refractivity contribution in [3.8, 4) is 0 Å². The summed E-state index contributed by atoms with van der Waals surface area (Å²) in [7, 11) is 1.63. The van der Waals surface area contributed by atoms with E-state index in [1.165, 1.54) is 0 Å². The number of benzene rings is 1. The zero-order valence-corrected chi connectivity index (χ0v) is 11.5. The fourth-order valence-corrected chi connectivity index (χ4v) is 2.13. The highest BCUT2D eigenvalue weighted by Gasteiger charge is 2.32. The van der Waals surface area contributed by atoms with Crippen molar-refractivity contribution in [3.05, 3.63) is 29.6 Å². The second-order valence-electron chi connectivity index (χ2n) is 3.86. The van der Waals surface area contributed by atoms with Gasteiger partial charge in [-0.2, -0.15) is 13.2 Å². The van der Waals surface area contributed by atoms with Gasteiger partial charge < -0.3 is 4.90 Å². The lowest BCUT2D eigenvalue weighted by Crippen LogP contribution is -2.36. The van der Waals surface area contributed by atoms with Crippen molar-refractivity contribution >= 4 is 25.6 Å². The SMILES string of the molecule is CN(CC(F)(F)F)C(=O)c1ccc(S(=O)(=O)Cl)cc1F. The molecule has 0 fully saturated rings. The molecule has 10 heteroatoms. The summed E-state index contributed by atoms with van der Waals surface area (Å²) in [6.45, 7) is -1.55. The Hall–Kier alpha value is -1.35. The molecule has 0 N–H and O–H groups in total. The van der Waals surface area contributed by atoms with Gasteiger partial charge in [-0.15, -0.1) is 0 Å². The molecule has 0 atom stereocenters. The lowest BCUT2D eigenvalue weighted by atomic mass is 10.2. The highest BCUT2D eigenvalue weighted by atomic mass is 35.7. The van der Waals surface area contributed by atoms with Crippen LogP contribution in [-0.4, -0.2) is 39.0 Å². The van der Waals surface area contributed by atoms with Crippen LogP contribution in [0.2, 0.25) is 0 Å². The summed E-state index contributed by atoms with van der Waals surface area (Å²) in [6.07, 6.45) is -4.62.